The van der Waals surface area contributed by atoms with Gasteiger partial charge in [0.15, 0.2) is 11.5 Å². The zero-order valence-corrected chi connectivity index (χ0v) is 15.1. The van der Waals surface area contributed by atoms with E-state index in [4.69, 9.17) is 4.74 Å². The van der Waals surface area contributed by atoms with Gasteiger partial charge in [0.25, 0.3) is 5.69 Å². The Kier molecular flexibility index (Phi) is 7.02. The quantitative estimate of drug-likeness (QED) is 0.404. The molecule has 2 aromatic carbocycles. The van der Waals surface area contributed by atoms with Crippen LogP contribution < -0.4 is 14.8 Å². The van der Waals surface area contributed by atoms with Crippen molar-refractivity contribution in [2.75, 3.05) is 11.9 Å². The van der Waals surface area contributed by atoms with Gasteiger partial charge in [-0.25, -0.2) is 0 Å². The second-order valence-corrected chi connectivity index (χ2v) is 5.55. The summed E-state index contributed by atoms with van der Waals surface area (Å²) in [4.78, 5) is 22.6. The van der Waals surface area contributed by atoms with Crippen LogP contribution in [0.2, 0.25) is 0 Å². The molecule has 1 amide bonds. The second-order valence-electron chi connectivity index (χ2n) is 5.55. The van der Waals surface area contributed by atoms with Crippen LogP contribution in [0.4, 0.5) is 20.2 Å². The van der Waals surface area contributed by atoms with E-state index in [-0.39, 0.29) is 23.8 Å². The molecule has 0 saturated carbocycles. The van der Waals surface area contributed by atoms with E-state index in [9.17, 15) is 23.7 Å². The lowest BCUT2D eigenvalue weighted by Crippen LogP contribution is -2.09. The van der Waals surface area contributed by atoms with Crippen molar-refractivity contribution in [3.05, 3.63) is 63.7 Å². The number of ether oxygens (including phenoxy) is 2. The summed E-state index contributed by atoms with van der Waals surface area (Å²) < 4.78 is 34.5. The van der Waals surface area contributed by atoms with Crippen LogP contribution in [0.3, 0.4) is 0 Å². The van der Waals surface area contributed by atoms with Crippen molar-refractivity contribution in [3.8, 4) is 11.5 Å². The number of nitrogens with one attached hydrogen (secondary N) is 1. The smallest absolute Gasteiger partial charge is 0.387 e. The molecule has 0 bridgehead atoms. The maximum Gasteiger partial charge on any atom is 0.387 e. The summed E-state index contributed by atoms with van der Waals surface area (Å²) in [5.41, 5.74) is 1.08. The second kappa shape index (κ2) is 9.45. The van der Waals surface area contributed by atoms with E-state index in [1.165, 1.54) is 49.4 Å². The van der Waals surface area contributed by atoms with Crippen LogP contribution in [0.5, 0.6) is 11.5 Å². The van der Waals surface area contributed by atoms with Crippen LogP contribution in [-0.4, -0.2) is 24.0 Å². The molecule has 0 aliphatic rings. The standard InChI is InChI=1S/C19H18F2N2O5/c1-3-27-17-11-13(7-9-16(17)28-19(20)21)8-10-18(24)22-14-5-4-6-15(12(14)2)23(25)26/h4-11,19H,3H2,1-2H3,(H,22,24)/b10-8+. The highest BCUT2D eigenvalue weighted by Gasteiger charge is 2.14. The fourth-order valence-corrected chi connectivity index (χ4v) is 2.39. The summed E-state index contributed by atoms with van der Waals surface area (Å²) in [5.74, 6) is -0.486. The number of amides is 1. The van der Waals surface area contributed by atoms with Crippen LogP contribution in [-0.2, 0) is 4.79 Å². The number of alkyl halides is 2. The molecule has 148 valence electrons. The highest BCUT2D eigenvalue weighted by atomic mass is 19.3. The Hall–Kier alpha value is -3.49. The maximum absolute atomic E-state index is 12.4. The number of nitro groups is 1. The normalized spacial score (nSPS) is 10.9. The van der Waals surface area contributed by atoms with Gasteiger partial charge in [0.2, 0.25) is 5.91 Å². The molecule has 2 aromatic rings. The summed E-state index contributed by atoms with van der Waals surface area (Å²) in [6, 6.07) is 8.64. The summed E-state index contributed by atoms with van der Waals surface area (Å²) in [6.45, 7) is 0.501. The van der Waals surface area contributed by atoms with Gasteiger partial charge in [0.05, 0.1) is 22.8 Å². The largest absolute Gasteiger partial charge is 0.490 e. The summed E-state index contributed by atoms with van der Waals surface area (Å²) in [5, 5.41) is 13.5. The number of halogens is 2. The molecule has 7 nitrogen and oxygen atoms in total. The summed E-state index contributed by atoms with van der Waals surface area (Å²) in [6.07, 6.45) is 2.67. The number of carbonyl (C=O) groups excluding carboxylic acids is 1. The van der Waals surface area contributed by atoms with E-state index >= 15 is 0 Å². The Labute approximate surface area is 159 Å². The highest BCUT2D eigenvalue weighted by Crippen LogP contribution is 2.30. The van der Waals surface area contributed by atoms with Gasteiger partial charge in [-0.15, -0.1) is 0 Å². The Morgan fingerprint density at radius 3 is 2.68 bits per heavy atom. The lowest BCUT2D eigenvalue weighted by atomic mass is 10.1. The number of carbonyl (C=O) groups is 1. The molecule has 2 rings (SSSR count). The lowest BCUT2D eigenvalue weighted by molar-refractivity contribution is -0.385. The third-order valence-corrected chi connectivity index (χ3v) is 3.67. The molecule has 0 aliphatic heterocycles. The van der Waals surface area contributed by atoms with Gasteiger partial charge in [-0.05, 0) is 43.7 Å². The zero-order valence-electron chi connectivity index (χ0n) is 15.1. The van der Waals surface area contributed by atoms with Crippen molar-refractivity contribution in [2.45, 2.75) is 20.5 Å². The first-order valence-electron chi connectivity index (χ1n) is 8.26. The Morgan fingerprint density at radius 1 is 1.29 bits per heavy atom. The fraction of sp³-hybridized carbons (Fsp3) is 0.211. The van der Waals surface area contributed by atoms with Gasteiger partial charge in [0, 0.05) is 12.1 Å². The van der Waals surface area contributed by atoms with Crippen LogP contribution in [0, 0.1) is 17.0 Å². The van der Waals surface area contributed by atoms with E-state index in [2.05, 4.69) is 10.1 Å². The third kappa shape index (κ3) is 5.50. The Balaban J connectivity index is 2.15. The fourth-order valence-electron chi connectivity index (χ4n) is 2.39. The molecule has 28 heavy (non-hydrogen) atoms. The predicted octanol–water partition coefficient (Wildman–Crippen LogP) is 4.56. The monoisotopic (exact) mass is 392 g/mol. The summed E-state index contributed by atoms with van der Waals surface area (Å²) >= 11 is 0. The van der Waals surface area contributed by atoms with Crippen LogP contribution in [0.1, 0.15) is 18.1 Å². The minimum Gasteiger partial charge on any atom is -0.490 e. The molecule has 0 saturated heterocycles. The van der Waals surface area contributed by atoms with Crippen LogP contribution >= 0.6 is 0 Å². The Bertz CT molecular complexity index is 900. The third-order valence-electron chi connectivity index (χ3n) is 3.67. The van der Waals surface area contributed by atoms with Gasteiger partial charge in [-0.1, -0.05) is 12.1 Å². The van der Waals surface area contributed by atoms with Crippen molar-refractivity contribution < 1.29 is 28.0 Å². The van der Waals surface area contributed by atoms with E-state index in [0.29, 0.717) is 16.8 Å². The average molecular weight is 392 g/mol. The van der Waals surface area contributed by atoms with Crippen LogP contribution in [0.25, 0.3) is 6.08 Å². The summed E-state index contributed by atoms with van der Waals surface area (Å²) in [7, 11) is 0. The van der Waals surface area contributed by atoms with Gasteiger partial charge in [0.1, 0.15) is 0 Å². The molecular formula is C19H18F2N2O5. The first-order chi connectivity index (χ1) is 13.3. The molecule has 0 spiro atoms. The molecule has 0 aromatic heterocycles. The van der Waals surface area contributed by atoms with Crippen molar-refractivity contribution in [1.82, 2.24) is 0 Å². The Morgan fingerprint density at radius 2 is 2.04 bits per heavy atom. The molecule has 0 atom stereocenters. The van der Waals surface area contributed by atoms with Gasteiger partial charge in [-0.2, -0.15) is 8.78 Å². The molecule has 0 radical (unpaired) electrons. The number of nitro benzene ring substituents is 1. The predicted molar refractivity (Wildman–Crippen MR) is 99.7 cm³/mol. The lowest BCUT2D eigenvalue weighted by Gasteiger charge is -2.11. The van der Waals surface area contributed by atoms with Crippen molar-refractivity contribution in [3.63, 3.8) is 0 Å². The van der Waals surface area contributed by atoms with E-state index in [1.807, 2.05) is 0 Å². The average Bonchev–Trinajstić information content (AvgIpc) is 2.63. The molecule has 0 aliphatic carbocycles. The van der Waals surface area contributed by atoms with E-state index < -0.39 is 17.4 Å². The molecule has 0 unspecified atom stereocenters. The minimum absolute atomic E-state index is 0.0993. The number of anilines is 1. The molecule has 1 N–H and O–H groups in total. The van der Waals surface area contributed by atoms with E-state index in [0.717, 1.165) is 0 Å². The minimum atomic E-state index is -2.98. The first-order valence-corrected chi connectivity index (χ1v) is 8.26. The zero-order chi connectivity index (χ0) is 20.7. The van der Waals surface area contributed by atoms with Gasteiger partial charge in [-0.3, -0.25) is 14.9 Å². The topological polar surface area (TPSA) is 90.7 Å². The number of nitrogens with zero attached hydrogens (tertiary/aromatic N) is 1. The van der Waals surface area contributed by atoms with Gasteiger partial charge >= 0.3 is 6.61 Å². The molecule has 0 heterocycles. The van der Waals surface area contributed by atoms with Crippen molar-refractivity contribution in [1.29, 1.82) is 0 Å². The maximum atomic E-state index is 12.4. The number of benzene rings is 2. The van der Waals surface area contributed by atoms with Gasteiger partial charge < -0.3 is 14.8 Å². The molecule has 0 fully saturated rings. The van der Waals surface area contributed by atoms with E-state index in [1.54, 1.807) is 13.0 Å². The molecular weight excluding hydrogens is 374 g/mol. The number of rotatable bonds is 8. The van der Waals surface area contributed by atoms with Crippen molar-refractivity contribution in [2.24, 2.45) is 0 Å². The first kappa shape index (κ1) is 20.8. The number of hydrogen-bond donors (Lipinski definition) is 1. The highest BCUT2D eigenvalue weighted by molar-refractivity contribution is 6.02. The SMILES string of the molecule is CCOc1cc(/C=C/C(=O)Nc2cccc([N+](=O)[O-])c2C)ccc1OC(F)F. The van der Waals surface area contributed by atoms with Crippen LogP contribution in [0.15, 0.2) is 42.5 Å². The molecule has 9 heteroatoms. The van der Waals surface area contributed by atoms with Crippen molar-refractivity contribution >= 4 is 23.4 Å². The number of hydrogen-bond acceptors (Lipinski definition) is 5.